The van der Waals surface area contributed by atoms with E-state index in [9.17, 15) is 9.18 Å². The SMILES string of the molecule is CC(=O)Nc1cc(C(Cl)C(O)=S)ccc1F. The summed E-state index contributed by atoms with van der Waals surface area (Å²) in [6, 6.07) is 3.87. The molecule has 2 N–H and O–H groups in total. The van der Waals surface area contributed by atoms with Crippen LogP contribution in [0.1, 0.15) is 17.9 Å². The first-order chi connectivity index (χ1) is 7.41. The maximum Gasteiger partial charge on any atom is 0.221 e. The van der Waals surface area contributed by atoms with Crippen molar-refractivity contribution in [3.8, 4) is 0 Å². The van der Waals surface area contributed by atoms with Crippen molar-refractivity contribution in [1.29, 1.82) is 0 Å². The first kappa shape index (κ1) is 12.9. The molecule has 1 rings (SSSR count). The Bertz CT molecular complexity index is 439. The van der Waals surface area contributed by atoms with Crippen molar-refractivity contribution in [2.75, 3.05) is 5.32 Å². The molecular weight excluding hydrogens is 253 g/mol. The molecule has 0 aliphatic carbocycles. The van der Waals surface area contributed by atoms with Gasteiger partial charge in [-0.05, 0) is 29.9 Å². The average Bonchev–Trinajstić information content (AvgIpc) is 2.19. The number of halogens is 2. The van der Waals surface area contributed by atoms with Crippen LogP contribution in [0.25, 0.3) is 0 Å². The third kappa shape index (κ3) is 3.15. The summed E-state index contributed by atoms with van der Waals surface area (Å²) >= 11 is 10.3. The van der Waals surface area contributed by atoms with Gasteiger partial charge >= 0.3 is 0 Å². The zero-order valence-corrected chi connectivity index (χ0v) is 9.90. The van der Waals surface area contributed by atoms with Gasteiger partial charge in [-0.15, -0.1) is 11.6 Å². The fourth-order valence-electron chi connectivity index (χ4n) is 1.13. The first-order valence-corrected chi connectivity index (χ1v) is 5.20. The third-order valence-corrected chi connectivity index (χ3v) is 2.63. The molecule has 0 fully saturated rings. The van der Waals surface area contributed by atoms with Crippen LogP contribution in [0.5, 0.6) is 0 Å². The number of hydrogen-bond acceptors (Lipinski definition) is 2. The molecule has 1 aromatic carbocycles. The summed E-state index contributed by atoms with van der Waals surface area (Å²) in [5.41, 5.74) is 0.422. The number of aliphatic hydroxyl groups is 1. The van der Waals surface area contributed by atoms with Gasteiger partial charge in [-0.1, -0.05) is 6.07 Å². The Kier molecular flexibility index (Phi) is 4.20. The van der Waals surface area contributed by atoms with Crippen LogP contribution in [-0.2, 0) is 4.79 Å². The van der Waals surface area contributed by atoms with Gasteiger partial charge in [0.25, 0.3) is 0 Å². The van der Waals surface area contributed by atoms with E-state index in [2.05, 4.69) is 17.5 Å². The van der Waals surface area contributed by atoms with Gasteiger partial charge in [0.2, 0.25) is 5.91 Å². The monoisotopic (exact) mass is 261 g/mol. The Morgan fingerprint density at radius 1 is 1.62 bits per heavy atom. The molecule has 0 saturated carbocycles. The number of anilines is 1. The molecule has 16 heavy (non-hydrogen) atoms. The van der Waals surface area contributed by atoms with Gasteiger partial charge in [-0.3, -0.25) is 4.79 Å². The predicted octanol–water partition coefficient (Wildman–Crippen LogP) is 2.95. The number of carbonyl (C=O) groups is 1. The van der Waals surface area contributed by atoms with Crippen molar-refractivity contribution in [1.82, 2.24) is 0 Å². The van der Waals surface area contributed by atoms with Gasteiger partial charge in [0.05, 0.1) is 5.69 Å². The molecule has 0 saturated heterocycles. The van der Waals surface area contributed by atoms with Crippen LogP contribution in [0, 0.1) is 5.82 Å². The quantitative estimate of drug-likeness (QED) is 0.650. The maximum absolute atomic E-state index is 13.2. The lowest BCUT2D eigenvalue weighted by atomic mass is 10.1. The van der Waals surface area contributed by atoms with Crippen molar-refractivity contribution >= 4 is 40.5 Å². The van der Waals surface area contributed by atoms with Gasteiger partial charge in [0.15, 0.2) is 5.05 Å². The Morgan fingerprint density at radius 2 is 2.25 bits per heavy atom. The highest BCUT2D eigenvalue weighted by molar-refractivity contribution is 7.80. The normalized spacial score (nSPS) is 11.9. The summed E-state index contributed by atoms with van der Waals surface area (Å²) in [5.74, 6) is -0.972. The second kappa shape index (κ2) is 5.23. The van der Waals surface area contributed by atoms with Gasteiger partial charge in [0, 0.05) is 6.92 Å². The van der Waals surface area contributed by atoms with Crippen molar-refractivity contribution < 1.29 is 14.3 Å². The lowest BCUT2D eigenvalue weighted by Gasteiger charge is -2.10. The van der Waals surface area contributed by atoms with E-state index in [-0.39, 0.29) is 5.69 Å². The van der Waals surface area contributed by atoms with E-state index in [1.165, 1.54) is 19.1 Å². The van der Waals surface area contributed by atoms with Crippen LogP contribution in [0.2, 0.25) is 0 Å². The van der Waals surface area contributed by atoms with Crippen molar-refractivity contribution in [3.63, 3.8) is 0 Å². The summed E-state index contributed by atoms with van der Waals surface area (Å²) in [6.45, 7) is 1.26. The predicted molar refractivity (Wildman–Crippen MR) is 64.5 cm³/mol. The van der Waals surface area contributed by atoms with Crippen LogP contribution in [0.15, 0.2) is 18.2 Å². The molecule has 86 valence electrons. The van der Waals surface area contributed by atoms with E-state index in [0.29, 0.717) is 5.56 Å². The molecule has 1 amide bonds. The molecular formula is C10H9ClFNO2S. The number of rotatable bonds is 3. The number of carbonyl (C=O) groups excluding carboxylic acids is 1. The number of alkyl halides is 1. The summed E-state index contributed by atoms with van der Waals surface area (Å²) < 4.78 is 13.2. The van der Waals surface area contributed by atoms with Gasteiger partial charge in [-0.2, -0.15) is 0 Å². The second-order valence-corrected chi connectivity index (χ2v) is 3.98. The fraction of sp³-hybridized carbons (Fsp3) is 0.200. The van der Waals surface area contributed by atoms with Gasteiger partial charge in [0.1, 0.15) is 11.2 Å². The average molecular weight is 262 g/mol. The summed E-state index contributed by atoms with van der Waals surface area (Å²) in [7, 11) is 0. The largest absolute Gasteiger partial charge is 0.501 e. The molecule has 1 aromatic rings. The molecule has 6 heteroatoms. The molecule has 0 heterocycles. The van der Waals surface area contributed by atoms with E-state index in [1.54, 1.807) is 0 Å². The van der Waals surface area contributed by atoms with E-state index in [4.69, 9.17) is 16.7 Å². The summed E-state index contributed by atoms with van der Waals surface area (Å²) in [6.07, 6.45) is 0. The lowest BCUT2D eigenvalue weighted by molar-refractivity contribution is -0.114. The highest BCUT2D eigenvalue weighted by atomic mass is 35.5. The molecule has 0 radical (unpaired) electrons. The molecule has 1 atom stereocenters. The minimum atomic E-state index is -0.900. The van der Waals surface area contributed by atoms with Crippen molar-refractivity contribution in [2.24, 2.45) is 0 Å². The van der Waals surface area contributed by atoms with Crippen LogP contribution in [-0.4, -0.2) is 16.1 Å². The van der Waals surface area contributed by atoms with Crippen LogP contribution in [0.3, 0.4) is 0 Å². The van der Waals surface area contributed by atoms with Crippen LogP contribution in [0.4, 0.5) is 10.1 Å². The fourth-order valence-corrected chi connectivity index (χ4v) is 1.40. The lowest BCUT2D eigenvalue weighted by Crippen LogP contribution is -2.09. The number of aliphatic hydroxyl groups excluding tert-OH is 1. The Balaban J connectivity index is 3.06. The van der Waals surface area contributed by atoms with Gasteiger partial charge in [-0.25, -0.2) is 4.39 Å². The molecule has 3 nitrogen and oxygen atoms in total. The van der Waals surface area contributed by atoms with Crippen LogP contribution < -0.4 is 5.32 Å². The molecule has 0 aliphatic heterocycles. The zero-order valence-electron chi connectivity index (χ0n) is 8.33. The van der Waals surface area contributed by atoms with Crippen molar-refractivity contribution in [3.05, 3.63) is 29.6 Å². The molecule has 0 bridgehead atoms. The first-order valence-electron chi connectivity index (χ1n) is 4.35. The topological polar surface area (TPSA) is 49.3 Å². The molecule has 1 unspecified atom stereocenters. The Morgan fingerprint density at radius 3 is 2.75 bits per heavy atom. The van der Waals surface area contributed by atoms with E-state index in [0.717, 1.165) is 6.07 Å². The number of thiocarbonyl (C=S) groups is 1. The summed E-state index contributed by atoms with van der Waals surface area (Å²) in [4.78, 5) is 10.8. The minimum absolute atomic E-state index is 0.00639. The van der Waals surface area contributed by atoms with E-state index >= 15 is 0 Å². The smallest absolute Gasteiger partial charge is 0.221 e. The number of hydrogen-bond donors (Lipinski definition) is 2. The number of benzene rings is 1. The Labute approximate surface area is 102 Å². The van der Waals surface area contributed by atoms with Gasteiger partial charge < -0.3 is 10.4 Å². The zero-order chi connectivity index (χ0) is 12.3. The number of nitrogens with one attached hydrogen (secondary N) is 1. The minimum Gasteiger partial charge on any atom is -0.501 e. The summed E-state index contributed by atoms with van der Waals surface area (Å²) in [5, 5.41) is 10.0. The van der Waals surface area contributed by atoms with Crippen molar-refractivity contribution in [2.45, 2.75) is 12.3 Å². The highest BCUT2D eigenvalue weighted by Crippen LogP contribution is 2.26. The standard InChI is InChI=1S/C10H9ClFNO2S/c1-5(14)13-8-4-6(2-3-7(8)12)9(11)10(15)16/h2-4,9H,1H3,(H,13,14)(H,15,16). The van der Waals surface area contributed by atoms with Crippen LogP contribution >= 0.6 is 23.8 Å². The Hall–Kier alpha value is -1.20. The maximum atomic E-state index is 13.2. The number of amides is 1. The highest BCUT2D eigenvalue weighted by Gasteiger charge is 2.15. The molecule has 0 spiro atoms. The third-order valence-electron chi connectivity index (χ3n) is 1.81. The molecule has 0 aliphatic rings. The molecule has 0 aromatic heterocycles. The van der Waals surface area contributed by atoms with E-state index < -0.39 is 22.2 Å². The van der Waals surface area contributed by atoms with E-state index in [1.807, 2.05) is 0 Å². The second-order valence-electron chi connectivity index (χ2n) is 3.12.